The molecule has 0 amide bonds. The number of hydrogen-bond acceptors (Lipinski definition) is 7. The molecule has 132 valence electrons. The molecule has 1 saturated heterocycles. The number of nitrogens with two attached hydrogens (primary N) is 2. The molecule has 0 aliphatic carbocycles. The van der Waals surface area contributed by atoms with Gasteiger partial charge in [0, 0.05) is 29.3 Å². The fourth-order valence-electron chi connectivity index (χ4n) is 3.18. The van der Waals surface area contributed by atoms with Crippen LogP contribution in [-0.4, -0.2) is 31.6 Å². The average Bonchev–Trinajstić information content (AvgIpc) is 2.68. The molecule has 2 heterocycles. The Kier molecular flexibility index (Phi) is 5.38. The highest BCUT2D eigenvalue weighted by Gasteiger charge is 2.35. The van der Waals surface area contributed by atoms with Gasteiger partial charge in [-0.2, -0.15) is 10.5 Å². The highest BCUT2D eigenvalue weighted by molar-refractivity contribution is 9.10. The highest BCUT2D eigenvalue weighted by atomic mass is 79.9. The lowest BCUT2D eigenvalue weighted by molar-refractivity contribution is 0.0504. The number of aliphatic imine (C=N–C) groups is 1. The quantitative estimate of drug-likeness (QED) is 0.671. The number of allylic oxidation sites excluding steroid dienone is 1. The van der Waals surface area contributed by atoms with Crippen LogP contribution in [0.25, 0.3) is 0 Å². The summed E-state index contributed by atoms with van der Waals surface area (Å²) in [4.78, 5) is 4.42. The molecular weight excluding hydrogens is 396 g/mol. The summed E-state index contributed by atoms with van der Waals surface area (Å²) < 4.78 is 6.38. The summed E-state index contributed by atoms with van der Waals surface area (Å²) in [5, 5.41) is 22.5. The Bertz CT molecular complexity index is 899. The van der Waals surface area contributed by atoms with Gasteiger partial charge in [-0.15, -0.1) is 0 Å². The van der Waals surface area contributed by atoms with E-state index in [1.54, 1.807) is 12.1 Å². The number of nitrogens with zero attached hydrogens (tertiary/aromatic N) is 3. The van der Waals surface area contributed by atoms with Gasteiger partial charge in [-0.05, 0) is 27.6 Å². The maximum atomic E-state index is 9.90. The van der Waals surface area contributed by atoms with Crippen LogP contribution < -0.4 is 16.8 Å². The molecule has 2 atom stereocenters. The molecule has 0 radical (unpaired) electrons. The summed E-state index contributed by atoms with van der Waals surface area (Å²) in [5.74, 6) is -0.277. The molecule has 8 heteroatoms. The number of ether oxygens (including phenoxy) is 1. The van der Waals surface area contributed by atoms with Crippen molar-refractivity contribution in [2.24, 2.45) is 16.5 Å². The molecule has 1 aromatic carbocycles. The Hall–Kier alpha value is -2.65. The lowest BCUT2D eigenvalue weighted by Crippen LogP contribution is -2.41. The van der Waals surface area contributed by atoms with Crippen LogP contribution in [0, 0.1) is 22.7 Å². The van der Waals surface area contributed by atoms with Crippen LogP contribution in [0.1, 0.15) is 17.0 Å². The van der Waals surface area contributed by atoms with Crippen molar-refractivity contribution >= 4 is 21.8 Å². The predicted octanol–water partition coefficient (Wildman–Crippen LogP) is 1.38. The van der Waals surface area contributed by atoms with Crippen LogP contribution in [0.15, 0.2) is 50.7 Å². The van der Waals surface area contributed by atoms with E-state index >= 15 is 0 Å². The molecule has 2 unspecified atom stereocenters. The van der Waals surface area contributed by atoms with Crippen molar-refractivity contribution in [3.63, 3.8) is 0 Å². The van der Waals surface area contributed by atoms with Gasteiger partial charge in [0.2, 0.25) is 0 Å². The van der Waals surface area contributed by atoms with Crippen molar-refractivity contribution in [3.05, 3.63) is 56.8 Å². The number of rotatable bonds is 2. The van der Waals surface area contributed by atoms with Crippen LogP contribution in [-0.2, 0) is 4.74 Å². The number of benzene rings is 1. The van der Waals surface area contributed by atoms with Crippen molar-refractivity contribution < 1.29 is 4.74 Å². The monoisotopic (exact) mass is 412 g/mol. The van der Waals surface area contributed by atoms with E-state index < -0.39 is 5.92 Å². The lowest BCUT2D eigenvalue weighted by atomic mass is 9.80. The molecule has 5 N–H and O–H groups in total. The first-order valence-corrected chi connectivity index (χ1v) is 8.83. The van der Waals surface area contributed by atoms with Crippen molar-refractivity contribution in [2.45, 2.75) is 12.0 Å². The smallest absolute Gasteiger partial charge is 0.129 e. The fourth-order valence-corrected chi connectivity index (χ4v) is 3.76. The second kappa shape index (κ2) is 7.71. The van der Waals surface area contributed by atoms with E-state index in [0.29, 0.717) is 40.0 Å². The third-order valence-corrected chi connectivity index (χ3v) is 5.29. The van der Waals surface area contributed by atoms with Gasteiger partial charge in [0.15, 0.2) is 0 Å². The zero-order valence-corrected chi connectivity index (χ0v) is 15.5. The molecule has 0 aromatic heterocycles. The van der Waals surface area contributed by atoms with E-state index in [4.69, 9.17) is 16.2 Å². The fraction of sp³-hybridized carbons (Fsp3) is 0.278. The molecule has 0 bridgehead atoms. The predicted molar refractivity (Wildman–Crippen MR) is 101 cm³/mol. The SMILES string of the molecule is N#CC1=C(C2CNCCO2)N=C(N)/C(=C\N)C1c1cccc(C#N)c1Br. The molecule has 0 spiro atoms. The topological polar surface area (TPSA) is 133 Å². The average molecular weight is 413 g/mol. The van der Waals surface area contributed by atoms with Gasteiger partial charge < -0.3 is 21.5 Å². The zero-order chi connectivity index (χ0) is 18.7. The van der Waals surface area contributed by atoms with Gasteiger partial charge in [0.05, 0.1) is 35.4 Å². The first kappa shape index (κ1) is 18.2. The van der Waals surface area contributed by atoms with Crippen molar-refractivity contribution in [3.8, 4) is 12.1 Å². The Morgan fingerprint density at radius 3 is 2.77 bits per heavy atom. The third-order valence-electron chi connectivity index (χ3n) is 4.40. The minimum atomic E-state index is -0.522. The van der Waals surface area contributed by atoms with Gasteiger partial charge in [-0.25, -0.2) is 4.99 Å². The summed E-state index contributed by atoms with van der Waals surface area (Å²) >= 11 is 3.48. The van der Waals surface area contributed by atoms with Crippen molar-refractivity contribution in [2.75, 3.05) is 19.7 Å². The summed E-state index contributed by atoms with van der Waals surface area (Å²) in [5.41, 5.74) is 14.6. The maximum Gasteiger partial charge on any atom is 0.129 e. The van der Waals surface area contributed by atoms with Crippen LogP contribution in [0.3, 0.4) is 0 Å². The number of nitriles is 2. The van der Waals surface area contributed by atoms with E-state index in [-0.39, 0.29) is 11.9 Å². The molecule has 3 rings (SSSR count). The number of halogens is 1. The van der Waals surface area contributed by atoms with Gasteiger partial charge in [0.1, 0.15) is 18.0 Å². The number of hydrogen-bond donors (Lipinski definition) is 3. The number of nitrogens with one attached hydrogen (secondary N) is 1. The zero-order valence-electron chi connectivity index (χ0n) is 13.9. The Labute approximate surface area is 159 Å². The molecule has 1 fully saturated rings. The molecule has 26 heavy (non-hydrogen) atoms. The second-order valence-corrected chi connectivity index (χ2v) is 6.64. The van der Waals surface area contributed by atoms with Crippen LogP contribution in [0.5, 0.6) is 0 Å². The van der Waals surface area contributed by atoms with E-state index in [1.165, 1.54) is 6.20 Å². The van der Waals surface area contributed by atoms with E-state index in [1.807, 2.05) is 6.07 Å². The Morgan fingerprint density at radius 1 is 1.35 bits per heavy atom. The molecule has 1 aromatic rings. The second-order valence-electron chi connectivity index (χ2n) is 5.85. The first-order chi connectivity index (χ1) is 12.6. The molecular formula is C18H17BrN6O. The third kappa shape index (κ3) is 3.11. The van der Waals surface area contributed by atoms with Gasteiger partial charge in [0.25, 0.3) is 0 Å². The van der Waals surface area contributed by atoms with Gasteiger partial charge in [-0.3, -0.25) is 0 Å². The van der Waals surface area contributed by atoms with Crippen molar-refractivity contribution in [1.82, 2.24) is 5.32 Å². The standard InChI is InChI=1S/C18H17BrN6O/c19-16-10(6-20)2-1-3-11(16)15-12(7-21)17(14-9-24-4-5-26-14)25-18(23)13(15)8-22/h1-3,8,14-15,24H,4-5,9,22H2,(H2,23,25)/b13-8-. The van der Waals surface area contributed by atoms with Gasteiger partial charge in [-0.1, -0.05) is 12.1 Å². The lowest BCUT2D eigenvalue weighted by Gasteiger charge is -2.31. The number of amidine groups is 1. The molecule has 0 saturated carbocycles. The Balaban J connectivity index is 2.21. The molecule has 2 aliphatic rings. The first-order valence-electron chi connectivity index (χ1n) is 8.03. The van der Waals surface area contributed by atoms with Crippen LogP contribution in [0.4, 0.5) is 0 Å². The summed E-state index contributed by atoms with van der Waals surface area (Å²) in [6.07, 6.45) is 1.00. The van der Waals surface area contributed by atoms with Crippen LogP contribution in [0.2, 0.25) is 0 Å². The van der Waals surface area contributed by atoms with E-state index in [2.05, 4.69) is 38.4 Å². The largest absolute Gasteiger partial charge is 0.404 e. The maximum absolute atomic E-state index is 9.90. The summed E-state index contributed by atoms with van der Waals surface area (Å²) in [6, 6.07) is 9.70. The minimum absolute atomic E-state index is 0.245. The summed E-state index contributed by atoms with van der Waals surface area (Å²) in [7, 11) is 0. The molecule has 7 nitrogen and oxygen atoms in total. The summed E-state index contributed by atoms with van der Waals surface area (Å²) in [6.45, 7) is 1.82. The Morgan fingerprint density at radius 2 is 2.15 bits per heavy atom. The van der Waals surface area contributed by atoms with E-state index in [9.17, 15) is 10.5 Å². The normalized spacial score (nSPS) is 24.7. The van der Waals surface area contributed by atoms with E-state index in [0.717, 1.165) is 12.1 Å². The minimum Gasteiger partial charge on any atom is -0.404 e. The molecule has 2 aliphatic heterocycles. The van der Waals surface area contributed by atoms with Gasteiger partial charge >= 0.3 is 0 Å². The highest BCUT2D eigenvalue weighted by Crippen LogP contribution is 2.41. The van der Waals surface area contributed by atoms with Crippen LogP contribution >= 0.6 is 15.9 Å². The number of morpholine rings is 1. The van der Waals surface area contributed by atoms with Crippen molar-refractivity contribution in [1.29, 1.82) is 10.5 Å².